The predicted molar refractivity (Wildman–Crippen MR) is 133 cm³/mol. The van der Waals surface area contributed by atoms with Crippen molar-refractivity contribution < 1.29 is 13.2 Å². The van der Waals surface area contributed by atoms with Crippen LogP contribution >= 0.6 is 22.9 Å². The van der Waals surface area contributed by atoms with Crippen LogP contribution in [0.1, 0.15) is 29.8 Å². The maximum Gasteiger partial charge on any atom is 0.257 e. The number of carbonyl (C=O) groups is 1. The summed E-state index contributed by atoms with van der Waals surface area (Å²) in [6, 6.07) is 20.5. The van der Waals surface area contributed by atoms with Crippen LogP contribution in [-0.4, -0.2) is 29.7 Å². The average molecular weight is 500 g/mol. The Hall–Kier alpha value is -2.78. The molecule has 0 unspecified atom stereocenters. The molecule has 3 aromatic carbocycles. The zero-order chi connectivity index (χ0) is 23.6. The Morgan fingerprint density at radius 3 is 2.42 bits per heavy atom. The van der Waals surface area contributed by atoms with Crippen LogP contribution < -0.4 is 5.32 Å². The Kier molecular flexibility index (Phi) is 6.81. The lowest BCUT2D eigenvalue weighted by molar-refractivity contribution is 0.102. The topological polar surface area (TPSA) is 79.4 Å². The van der Waals surface area contributed by atoms with Crippen molar-refractivity contribution in [2.75, 3.05) is 5.32 Å². The first-order chi connectivity index (χ1) is 15.7. The molecule has 0 radical (unpaired) electrons. The van der Waals surface area contributed by atoms with E-state index in [2.05, 4.69) is 10.3 Å². The highest BCUT2D eigenvalue weighted by molar-refractivity contribution is 7.89. The molecule has 170 valence electrons. The number of nitrogens with zero attached hydrogens (tertiary/aromatic N) is 2. The molecule has 0 aliphatic rings. The molecule has 4 rings (SSSR count). The van der Waals surface area contributed by atoms with Crippen LogP contribution in [0.2, 0.25) is 5.02 Å². The molecule has 4 aromatic rings. The molecule has 1 amide bonds. The summed E-state index contributed by atoms with van der Waals surface area (Å²) in [7, 11) is -3.74. The van der Waals surface area contributed by atoms with E-state index in [1.807, 2.05) is 44.2 Å². The van der Waals surface area contributed by atoms with Gasteiger partial charge < -0.3 is 0 Å². The lowest BCUT2D eigenvalue weighted by atomic mass is 10.2. The van der Waals surface area contributed by atoms with Gasteiger partial charge in [-0.3, -0.25) is 10.1 Å². The van der Waals surface area contributed by atoms with Gasteiger partial charge in [-0.1, -0.05) is 53.3 Å². The average Bonchev–Trinajstić information content (AvgIpc) is 3.19. The van der Waals surface area contributed by atoms with E-state index in [1.165, 1.54) is 39.9 Å². The third kappa shape index (κ3) is 5.25. The Morgan fingerprint density at radius 2 is 1.76 bits per heavy atom. The van der Waals surface area contributed by atoms with Crippen LogP contribution in [0.3, 0.4) is 0 Å². The lowest BCUT2D eigenvalue weighted by Crippen LogP contribution is -2.36. The molecule has 0 fully saturated rings. The predicted octanol–water partition coefficient (Wildman–Crippen LogP) is 5.80. The number of thiazole rings is 1. The fourth-order valence-corrected chi connectivity index (χ4v) is 6.11. The number of hydrogen-bond donors (Lipinski definition) is 1. The van der Waals surface area contributed by atoms with Crippen molar-refractivity contribution in [2.45, 2.75) is 31.3 Å². The molecule has 0 bridgehead atoms. The first-order valence-corrected chi connectivity index (χ1v) is 12.9. The number of halogens is 1. The fourth-order valence-electron chi connectivity index (χ4n) is 3.34. The van der Waals surface area contributed by atoms with Crippen molar-refractivity contribution in [3.05, 3.63) is 88.9 Å². The summed E-state index contributed by atoms with van der Waals surface area (Å²) >= 11 is 7.33. The van der Waals surface area contributed by atoms with E-state index in [0.717, 1.165) is 15.8 Å². The van der Waals surface area contributed by atoms with Crippen LogP contribution in [0.5, 0.6) is 0 Å². The van der Waals surface area contributed by atoms with E-state index in [-0.39, 0.29) is 23.4 Å². The third-order valence-electron chi connectivity index (χ3n) is 5.05. The van der Waals surface area contributed by atoms with E-state index < -0.39 is 10.0 Å². The van der Waals surface area contributed by atoms with Crippen molar-refractivity contribution in [1.82, 2.24) is 9.29 Å². The lowest BCUT2D eigenvalue weighted by Gasteiger charge is -2.26. The highest BCUT2D eigenvalue weighted by Gasteiger charge is 2.27. The molecule has 0 aliphatic carbocycles. The minimum atomic E-state index is -3.74. The SMILES string of the molecule is CC(C)N(Cc1ccccc1)S(=O)(=O)c1ccc(C(=O)Nc2nc3ccc(Cl)cc3s2)cc1. The number of carbonyl (C=O) groups excluding carboxylic acids is 1. The van der Waals surface area contributed by atoms with Crippen LogP contribution in [0.15, 0.2) is 77.7 Å². The van der Waals surface area contributed by atoms with Crippen LogP contribution in [0.4, 0.5) is 5.13 Å². The highest BCUT2D eigenvalue weighted by Crippen LogP contribution is 2.29. The first kappa shape index (κ1) is 23.4. The van der Waals surface area contributed by atoms with Gasteiger partial charge in [-0.25, -0.2) is 13.4 Å². The minimum absolute atomic E-state index is 0.137. The number of hydrogen-bond acceptors (Lipinski definition) is 5. The number of sulfonamides is 1. The van der Waals surface area contributed by atoms with Crippen molar-refractivity contribution in [2.24, 2.45) is 0 Å². The number of anilines is 1. The summed E-state index contributed by atoms with van der Waals surface area (Å²) in [6.07, 6.45) is 0. The molecular formula is C24H22ClN3O3S2. The molecule has 0 spiro atoms. The summed E-state index contributed by atoms with van der Waals surface area (Å²) < 4.78 is 28.9. The largest absolute Gasteiger partial charge is 0.298 e. The fraction of sp³-hybridized carbons (Fsp3) is 0.167. The third-order valence-corrected chi connectivity index (χ3v) is 8.26. The van der Waals surface area contributed by atoms with E-state index in [1.54, 1.807) is 18.2 Å². The molecular weight excluding hydrogens is 478 g/mol. The molecule has 0 atom stereocenters. The number of nitrogens with one attached hydrogen (secondary N) is 1. The van der Waals surface area contributed by atoms with Crippen molar-refractivity contribution >= 4 is 54.2 Å². The second-order valence-corrected chi connectivity index (χ2v) is 11.1. The normalized spacial score (nSPS) is 11.9. The van der Waals surface area contributed by atoms with Gasteiger partial charge in [0.15, 0.2) is 5.13 Å². The maximum atomic E-state index is 13.3. The summed E-state index contributed by atoms with van der Waals surface area (Å²) in [5, 5.41) is 3.81. The van der Waals surface area contributed by atoms with Gasteiger partial charge >= 0.3 is 0 Å². The molecule has 0 saturated carbocycles. The van der Waals surface area contributed by atoms with E-state index in [0.29, 0.717) is 15.7 Å². The Morgan fingerprint density at radius 1 is 1.06 bits per heavy atom. The molecule has 33 heavy (non-hydrogen) atoms. The molecule has 0 saturated heterocycles. The number of amides is 1. The Balaban J connectivity index is 1.52. The summed E-state index contributed by atoms with van der Waals surface area (Å²) in [4.78, 5) is 17.2. The molecule has 1 heterocycles. The van der Waals surface area contributed by atoms with Crippen LogP contribution in [0, 0.1) is 0 Å². The van der Waals surface area contributed by atoms with Crippen LogP contribution in [-0.2, 0) is 16.6 Å². The van der Waals surface area contributed by atoms with Gasteiger partial charge in [-0.15, -0.1) is 0 Å². The van der Waals surface area contributed by atoms with Gasteiger partial charge in [-0.05, 0) is 61.9 Å². The van der Waals surface area contributed by atoms with Gasteiger partial charge in [0.1, 0.15) is 0 Å². The second-order valence-electron chi connectivity index (χ2n) is 7.74. The maximum absolute atomic E-state index is 13.3. The Labute approximate surface area is 201 Å². The van der Waals surface area contributed by atoms with E-state index in [4.69, 9.17) is 11.6 Å². The number of aromatic nitrogens is 1. The van der Waals surface area contributed by atoms with Crippen LogP contribution in [0.25, 0.3) is 10.2 Å². The Bertz CT molecular complexity index is 1390. The van der Waals surface area contributed by atoms with Crippen molar-refractivity contribution in [3.63, 3.8) is 0 Å². The summed E-state index contributed by atoms with van der Waals surface area (Å²) in [5.41, 5.74) is 1.99. The number of rotatable bonds is 7. The minimum Gasteiger partial charge on any atom is -0.298 e. The molecule has 0 aliphatic heterocycles. The summed E-state index contributed by atoms with van der Waals surface area (Å²) in [5.74, 6) is -0.367. The van der Waals surface area contributed by atoms with Gasteiger partial charge in [0.25, 0.3) is 5.91 Å². The first-order valence-electron chi connectivity index (χ1n) is 10.3. The second kappa shape index (κ2) is 9.61. The standard InChI is InChI=1S/C24H22ClN3O3S2/c1-16(2)28(15-17-6-4-3-5-7-17)33(30,31)20-11-8-18(9-12-20)23(29)27-24-26-21-13-10-19(25)14-22(21)32-24/h3-14,16H,15H2,1-2H3,(H,26,27,29). The molecule has 1 N–H and O–H groups in total. The number of benzene rings is 3. The van der Waals surface area contributed by atoms with E-state index >= 15 is 0 Å². The zero-order valence-corrected chi connectivity index (χ0v) is 20.4. The zero-order valence-electron chi connectivity index (χ0n) is 18.0. The smallest absolute Gasteiger partial charge is 0.257 e. The summed E-state index contributed by atoms with van der Waals surface area (Å²) in [6.45, 7) is 3.95. The van der Waals surface area contributed by atoms with Gasteiger partial charge in [0.2, 0.25) is 10.0 Å². The van der Waals surface area contributed by atoms with Gasteiger partial charge in [-0.2, -0.15) is 4.31 Å². The van der Waals surface area contributed by atoms with Crippen molar-refractivity contribution in [3.8, 4) is 0 Å². The van der Waals surface area contributed by atoms with E-state index in [9.17, 15) is 13.2 Å². The van der Waals surface area contributed by atoms with Gasteiger partial charge in [0, 0.05) is 23.2 Å². The number of fused-ring (bicyclic) bond motifs is 1. The highest BCUT2D eigenvalue weighted by atomic mass is 35.5. The quantitative estimate of drug-likeness (QED) is 0.348. The van der Waals surface area contributed by atoms with Gasteiger partial charge in [0.05, 0.1) is 15.1 Å². The molecule has 9 heteroatoms. The van der Waals surface area contributed by atoms with Crippen molar-refractivity contribution in [1.29, 1.82) is 0 Å². The molecule has 1 aromatic heterocycles. The molecule has 6 nitrogen and oxygen atoms in total. The monoisotopic (exact) mass is 499 g/mol.